The van der Waals surface area contributed by atoms with E-state index in [1.807, 2.05) is 0 Å². The monoisotopic (exact) mass is 242 g/mol. The minimum atomic E-state index is -1.45. The number of nitrogens with one attached hydrogen (secondary N) is 2. The second-order valence-corrected chi connectivity index (χ2v) is 6.07. The lowest BCUT2D eigenvalue weighted by molar-refractivity contribution is -0.181. The Hall–Kier alpha value is -0.420. The molecule has 0 saturated carbocycles. The first-order chi connectivity index (χ1) is 7.64. The Bertz CT molecular complexity index is 289. The molecule has 0 aliphatic carbocycles. The lowest BCUT2D eigenvalue weighted by atomic mass is 9.79. The van der Waals surface area contributed by atoms with Gasteiger partial charge in [0, 0.05) is 24.2 Å². The zero-order chi connectivity index (χ0) is 13.3. The molecule has 4 heteroatoms. The van der Waals surface area contributed by atoms with Crippen LogP contribution in [-0.2, 0) is 4.74 Å². The Kier molecular flexibility index (Phi) is 4.04. The van der Waals surface area contributed by atoms with Gasteiger partial charge in [-0.05, 0) is 46.6 Å². The molecule has 3 N–H and O–H groups in total. The van der Waals surface area contributed by atoms with Gasteiger partial charge in [0.2, 0.25) is 5.91 Å². The second-order valence-electron chi connectivity index (χ2n) is 6.07. The summed E-state index contributed by atoms with van der Waals surface area (Å²) in [5, 5.41) is 16.8. The average molecular weight is 242 g/mol. The third-order valence-electron chi connectivity index (χ3n) is 3.56. The van der Waals surface area contributed by atoms with Gasteiger partial charge in [-0.2, -0.15) is 0 Å². The lowest BCUT2D eigenvalue weighted by Gasteiger charge is -2.49. The number of ether oxygens (including phenoxy) is 1. The molecular formula is C13H26N2O2. The van der Waals surface area contributed by atoms with Crippen LogP contribution in [0.25, 0.3) is 0 Å². The fourth-order valence-corrected chi connectivity index (χ4v) is 2.59. The Balaban J connectivity index is 2.76. The minimum Gasteiger partial charge on any atom is -0.350 e. The molecule has 0 unspecified atom stereocenters. The zero-order valence-corrected chi connectivity index (χ0v) is 11.6. The molecule has 1 rings (SSSR count). The van der Waals surface area contributed by atoms with Gasteiger partial charge in [0.15, 0.2) is 0 Å². The first kappa shape index (κ1) is 14.6. The lowest BCUT2D eigenvalue weighted by Crippen LogP contribution is -2.69. The molecule has 17 heavy (non-hydrogen) atoms. The van der Waals surface area contributed by atoms with Crippen molar-refractivity contribution in [3.05, 3.63) is 12.7 Å². The molecule has 0 aromatic carbocycles. The fraction of sp³-hybridized carbons (Fsp3) is 0.846. The quantitative estimate of drug-likeness (QED) is 0.515. The van der Waals surface area contributed by atoms with E-state index in [4.69, 9.17) is 4.74 Å². The molecule has 1 saturated heterocycles. The van der Waals surface area contributed by atoms with Crippen molar-refractivity contribution in [2.24, 2.45) is 0 Å². The molecule has 0 aromatic heterocycles. The summed E-state index contributed by atoms with van der Waals surface area (Å²) >= 11 is 0. The van der Waals surface area contributed by atoms with E-state index < -0.39 is 5.91 Å². The number of rotatable bonds is 4. The Morgan fingerprint density at radius 2 is 2.06 bits per heavy atom. The highest BCUT2D eigenvalue weighted by Gasteiger charge is 2.42. The third kappa shape index (κ3) is 3.52. The summed E-state index contributed by atoms with van der Waals surface area (Å²) in [5.74, 6) is -1.45. The van der Waals surface area contributed by atoms with E-state index in [2.05, 4.69) is 44.9 Å². The summed E-state index contributed by atoms with van der Waals surface area (Å²) in [6, 6.07) is 0.124. The summed E-state index contributed by atoms with van der Waals surface area (Å²) in [5.41, 5.74) is 0.0122. The second kappa shape index (κ2) is 4.69. The van der Waals surface area contributed by atoms with Gasteiger partial charge in [-0.25, -0.2) is 0 Å². The van der Waals surface area contributed by atoms with Gasteiger partial charge >= 0.3 is 0 Å². The van der Waals surface area contributed by atoms with Crippen molar-refractivity contribution in [3.63, 3.8) is 0 Å². The summed E-state index contributed by atoms with van der Waals surface area (Å²) < 4.78 is 5.03. The van der Waals surface area contributed by atoms with Crippen LogP contribution in [0.4, 0.5) is 0 Å². The van der Waals surface area contributed by atoms with Gasteiger partial charge in [0.1, 0.15) is 0 Å². The van der Waals surface area contributed by atoms with Crippen LogP contribution in [0.1, 0.15) is 40.5 Å². The molecule has 0 bridgehead atoms. The number of hydrogen-bond acceptors (Lipinski definition) is 4. The maximum Gasteiger partial charge on any atom is 0.245 e. The van der Waals surface area contributed by atoms with Gasteiger partial charge in [-0.15, -0.1) is 0 Å². The van der Waals surface area contributed by atoms with Crippen LogP contribution in [0.5, 0.6) is 0 Å². The van der Waals surface area contributed by atoms with Crippen LogP contribution in [0.3, 0.4) is 0 Å². The van der Waals surface area contributed by atoms with E-state index in [0.717, 1.165) is 12.8 Å². The van der Waals surface area contributed by atoms with E-state index >= 15 is 0 Å². The normalized spacial score (nSPS) is 30.6. The number of methoxy groups -OCH3 is 1. The first-order valence-corrected chi connectivity index (χ1v) is 6.12. The standard InChI is InChI=1S/C13H26N2O2/c1-7-13(16,17-6)14-10-8-9-11(2,3)15-12(10,4)5/h7,10,14-16H,1,8-9H2,2-6H3/t10-,13+/m0/s1. The van der Waals surface area contributed by atoms with Crippen LogP contribution in [0.2, 0.25) is 0 Å². The van der Waals surface area contributed by atoms with Gasteiger partial charge in [-0.1, -0.05) is 6.58 Å². The Morgan fingerprint density at radius 3 is 2.47 bits per heavy atom. The Labute approximate surface area is 104 Å². The van der Waals surface area contributed by atoms with Gasteiger partial charge in [0.05, 0.1) is 0 Å². The maximum atomic E-state index is 10.1. The molecule has 1 fully saturated rings. The van der Waals surface area contributed by atoms with E-state index in [9.17, 15) is 5.11 Å². The van der Waals surface area contributed by atoms with E-state index in [-0.39, 0.29) is 17.1 Å². The number of piperidine rings is 1. The van der Waals surface area contributed by atoms with Crippen molar-refractivity contribution in [2.45, 2.75) is 63.6 Å². The fourth-order valence-electron chi connectivity index (χ4n) is 2.59. The summed E-state index contributed by atoms with van der Waals surface area (Å²) in [7, 11) is 1.46. The molecule has 1 aliphatic rings. The highest BCUT2D eigenvalue weighted by atomic mass is 16.6. The smallest absolute Gasteiger partial charge is 0.245 e. The number of aliphatic hydroxyl groups is 1. The van der Waals surface area contributed by atoms with Crippen molar-refractivity contribution in [1.29, 1.82) is 0 Å². The molecule has 1 heterocycles. The van der Waals surface area contributed by atoms with E-state index in [1.165, 1.54) is 13.2 Å². The molecule has 4 nitrogen and oxygen atoms in total. The van der Waals surface area contributed by atoms with Crippen LogP contribution in [0.15, 0.2) is 12.7 Å². The van der Waals surface area contributed by atoms with Gasteiger partial charge < -0.3 is 15.2 Å². The van der Waals surface area contributed by atoms with Crippen molar-refractivity contribution in [3.8, 4) is 0 Å². The Morgan fingerprint density at radius 1 is 1.47 bits per heavy atom. The SMILES string of the molecule is C=C[C@](O)(N[C@H]1CCC(C)(C)NC1(C)C)OC. The van der Waals surface area contributed by atoms with E-state index in [0.29, 0.717) is 0 Å². The van der Waals surface area contributed by atoms with Gasteiger partial charge in [0.25, 0.3) is 0 Å². The molecule has 0 spiro atoms. The molecule has 100 valence electrons. The first-order valence-electron chi connectivity index (χ1n) is 6.12. The molecule has 0 radical (unpaired) electrons. The van der Waals surface area contributed by atoms with Crippen LogP contribution < -0.4 is 10.6 Å². The number of hydrogen-bond donors (Lipinski definition) is 3. The van der Waals surface area contributed by atoms with Crippen molar-refractivity contribution < 1.29 is 9.84 Å². The molecule has 0 amide bonds. The minimum absolute atomic E-state index is 0.114. The largest absolute Gasteiger partial charge is 0.350 e. The molecule has 2 atom stereocenters. The maximum absolute atomic E-state index is 10.1. The van der Waals surface area contributed by atoms with Crippen molar-refractivity contribution in [1.82, 2.24) is 10.6 Å². The highest BCUT2D eigenvalue weighted by Crippen LogP contribution is 2.29. The summed E-state index contributed by atoms with van der Waals surface area (Å²) in [6.45, 7) is 12.2. The highest BCUT2D eigenvalue weighted by molar-refractivity contribution is 5.04. The molecule has 1 aliphatic heterocycles. The predicted molar refractivity (Wildman–Crippen MR) is 69.6 cm³/mol. The van der Waals surface area contributed by atoms with Crippen LogP contribution in [0, 0.1) is 0 Å². The third-order valence-corrected chi connectivity index (χ3v) is 3.56. The topological polar surface area (TPSA) is 53.5 Å². The zero-order valence-electron chi connectivity index (χ0n) is 11.6. The summed E-state index contributed by atoms with van der Waals surface area (Å²) in [4.78, 5) is 0. The van der Waals surface area contributed by atoms with Crippen molar-refractivity contribution in [2.75, 3.05) is 7.11 Å². The summed E-state index contributed by atoms with van der Waals surface area (Å²) in [6.07, 6.45) is 3.40. The molecular weight excluding hydrogens is 216 g/mol. The average Bonchev–Trinajstić information content (AvgIpc) is 2.20. The van der Waals surface area contributed by atoms with Crippen LogP contribution in [-0.4, -0.2) is 35.2 Å². The van der Waals surface area contributed by atoms with E-state index in [1.54, 1.807) is 0 Å². The van der Waals surface area contributed by atoms with Gasteiger partial charge in [-0.3, -0.25) is 5.32 Å². The van der Waals surface area contributed by atoms with Crippen LogP contribution >= 0.6 is 0 Å². The predicted octanol–water partition coefficient (Wildman–Crippen LogP) is 1.36. The van der Waals surface area contributed by atoms with Crippen molar-refractivity contribution >= 4 is 0 Å². The molecule has 0 aromatic rings.